The number of hydrogen-bond acceptors (Lipinski definition) is 6. The molecule has 1 aliphatic carbocycles. The second kappa shape index (κ2) is 9.09. The zero-order valence-electron chi connectivity index (χ0n) is 18.4. The molecule has 4 rings (SSSR count). The van der Waals surface area contributed by atoms with E-state index in [1.807, 2.05) is 36.9 Å². The lowest BCUT2D eigenvalue weighted by atomic mass is 10.0. The molecule has 1 saturated heterocycles. The number of piperazine rings is 1. The van der Waals surface area contributed by atoms with E-state index in [9.17, 15) is 9.59 Å². The minimum Gasteiger partial charge on any atom is -0.492 e. The molecule has 0 radical (unpaired) electrons. The van der Waals surface area contributed by atoms with E-state index in [0.717, 1.165) is 73.8 Å². The van der Waals surface area contributed by atoms with Crippen molar-refractivity contribution in [2.75, 3.05) is 44.6 Å². The maximum absolute atomic E-state index is 12.2. The highest BCUT2D eigenvalue weighted by atomic mass is 16.5. The Morgan fingerprint density at radius 1 is 1.19 bits per heavy atom. The van der Waals surface area contributed by atoms with Crippen LogP contribution < -0.4 is 10.1 Å². The maximum Gasteiger partial charge on any atom is 0.227 e. The van der Waals surface area contributed by atoms with E-state index in [0.29, 0.717) is 12.4 Å². The number of carbonyl (C=O) groups is 2. The standard InChI is InChI=1S/C23H30N4O4/c1-15-22(16(2)31-25-15)20-14-19(24-23(29)18-4-5-18)6-7-21(20)30-13-12-26-8-10-27(11-9-26)17(3)28/h6-7,14,18H,4-5,8-13H2,1-3H3,(H,24,29). The van der Waals surface area contributed by atoms with Crippen molar-refractivity contribution in [2.24, 2.45) is 5.92 Å². The number of aryl methyl sites for hydroxylation is 2. The molecule has 8 nitrogen and oxygen atoms in total. The van der Waals surface area contributed by atoms with Crippen molar-refractivity contribution in [1.29, 1.82) is 0 Å². The van der Waals surface area contributed by atoms with Crippen LogP contribution >= 0.6 is 0 Å². The molecule has 166 valence electrons. The number of anilines is 1. The molecule has 8 heteroatoms. The SMILES string of the molecule is CC(=O)N1CCN(CCOc2ccc(NC(=O)C3CC3)cc2-c2c(C)noc2C)CC1. The molecule has 0 unspecified atom stereocenters. The summed E-state index contributed by atoms with van der Waals surface area (Å²) < 4.78 is 11.5. The van der Waals surface area contributed by atoms with Crippen LogP contribution in [0.5, 0.6) is 5.75 Å². The summed E-state index contributed by atoms with van der Waals surface area (Å²) in [6.07, 6.45) is 1.93. The third kappa shape index (κ3) is 5.07. The molecule has 0 atom stereocenters. The Bertz CT molecular complexity index is 939. The van der Waals surface area contributed by atoms with E-state index >= 15 is 0 Å². The van der Waals surface area contributed by atoms with Gasteiger partial charge in [-0.2, -0.15) is 0 Å². The molecule has 1 aliphatic heterocycles. The number of amides is 2. The van der Waals surface area contributed by atoms with Gasteiger partial charge in [0.25, 0.3) is 0 Å². The van der Waals surface area contributed by atoms with Crippen LogP contribution in [-0.2, 0) is 9.59 Å². The predicted molar refractivity (Wildman–Crippen MR) is 117 cm³/mol. The number of aromatic nitrogens is 1. The van der Waals surface area contributed by atoms with Crippen LogP contribution in [0.2, 0.25) is 0 Å². The van der Waals surface area contributed by atoms with Gasteiger partial charge in [0.1, 0.15) is 18.1 Å². The Kier molecular flexibility index (Phi) is 6.27. The molecule has 2 aliphatic rings. The highest BCUT2D eigenvalue weighted by molar-refractivity contribution is 5.95. The Labute approximate surface area is 182 Å². The molecule has 2 amide bonds. The second-order valence-corrected chi connectivity index (χ2v) is 8.37. The van der Waals surface area contributed by atoms with Crippen LogP contribution in [0.1, 0.15) is 31.2 Å². The Balaban J connectivity index is 1.45. The van der Waals surface area contributed by atoms with E-state index in [1.54, 1.807) is 6.92 Å². The average Bonchev–Trinajstić information content (AvgIpc) is 3.55. The summed E-state index contributed by atoms with van der Waals surface area (Å²) >= 11 is 0. The van der Waals surface area contributed by atoms with Crippen LogP contribution in [0, 0.1) is 19.8 Å². The van der Waals surface area contributed by atoms with Gasteiger partial charge >= 0.3 is 0 Å². The molecule has 1 saturated carbocycles. The molecular weight excluding hydrogens is 396 g/mol. The highest BCUT2D eigenvalue weighted by Gasteiger charge is 2.30. The van der Waals surface area contributed by atoms with Crippen molar-refractivity contribution >= 4 is 17.5 Å². The largest absolute Gasteiger partial charge is 0.492 e. The molecular formula is C23H30N4O4. The molecule has 0 bridgehead atoms. The van der Waals surface area contributed by atoms with Gasteiger partial charge in [0.15, 0.2) is 0 Å². The zero-order valence-corrected chi connectivity index (χ0v) is 18.4. The first kappa shape index (κ1) is 21.4. The molecule has 0 spiro atoms. The van der Waals surface area contributed by atoms with Crippen molar-refractivity contribution in [3.05, 3.63) is 29.7 Å². The summed E-state index contributed by atoms with van der Waals surface area (Å²) in [5, 5.41) is 7.09. The van der Waals surface area contributed by atoms with Gasteiger partial charge in [-0.15, -0.1) is 0 Å². The van der Waals surface area contributed by atoms with Gasteiger partial charge in [-0.05, 0) is 44.9 Å². The Morgan fingerprint density at radius 2 is 1.94 bits per heavy atom. The smallest absolute Gasteiger partial charge is 0.227 e. The van der Waals surface area contributed by atoms with Crippen molar-refractivity contribution in [3.63, 3.8) is 0 Å². The lowest BCUT2D eigenvalue weighted by Crippen LogP contribution is -2.48. The number of benzene rings is 1. The van der Waals surface area contributed by atoms with Crippen LogP contribution in [0.3, 0.4) is 0 Å². The van der Waals surface area contributed by atoms with Gasteiger partial charge in [-0.1, -0.05) is 5.16 Å². The monoisotopic (exact) mass is 426 g/mol. The quantitative estimate of drug-likeness (QED) is 0.733. The van der Waals surface area contributed by atoms with Gasteiger partial charge < -0.3 is 19.5 Å². The van der Waals surface area contributed by atoms with Crippen LogP contribution in [0.25, 0.3) is 11.1 Å². The van der Waals surface area contributed by atoms with E-state index in [2.05, 4.69) is 15.4 Å². The number of hydrogen-bond donors (Lipinski definition) is 1. The number of ether oxygens (including phenoxy) is 1. The first-order valence-electron chi connectivity index (χ1n) is 10.9. The van der Waals surface area contributed by atoms with Crippen LogP contribution in [-0.4, -0.2) is 66.1 Å². The summed E-state index contributed by atoms with van der Waals surface area (Å²) in [6, 6.07) is 5.72. The number of nitrogens with zero attached hydrogens (tertiary/aromatic N) is 3. The van der Waals surface area contributed by atoms with E-state index < -0.39 is 0 Å². The fourth-order valence-corrected chi connectivity index (χ4v) is 3.96. The topological polar surface area (TPSA) is 87.9 Å². The van der Waals surface area contributed by atoms with Crippen LogP contribution in [0.15, 0.2) is 22.7 Å². The average molecular weight is 427 g/mol. The minimum atomic E-state index is 0.0723. The maximum atomic E-state index is 12.2. The minimum absolute atomic E-state index is 0.0723. The first-order valence-corrected chi connectivity index (χ1v) is 10.9. The summed E-state index contributed by atoms with van der Waals surface area (Å²) in [7, 11) is 0. The molecule has 2 fully saturated rings. The summed E-state index contributed by atoms with van der Waals surface area (Å²) in [5.74, 6) is 1.80. The van der Waals surface area contributed by atoms with Crippen molar-refractivity contribution < 1.29 is 18.8 Å². The fraction of sp³-hybridized carbons (Fsp3) is 0.522. The van der Waals surface area contributed by atoms with Gasteiger partial charge in [-0.3, -0.25) is 14.5 Å². The zero-order chi connectivity index (χ0) is 22.0. The first-order chi connectivity index (χ1) is 14.9. The van der Waals surface area contributed by atoms with E-state index in [-0.39, 0.29) is 17.7 Å². The molecule has 2 aromatic rings. The predicted octanol–water partition coefficient (Wildman–Crippen LogP) is 2.85. The lowest BCUT2D eigenvalue weighted by Gasteiger charge is -2.34. The van der Waals surface area contributed by atoms with Crippen molar-refractivity contribution in [1.82, 2.24) is 15.0 Å². The highest BCUT2D eigenvalue weighted by Crippen LogP contribution is 2.37. The van der Waals surface area contributed by atoms with Gasteiger partial charge in [0, 0.05) is 56.8 Å². The normalized spacial score (nSPS) is 16.9. The molecule has 31 heavy (non-hydrogen) atoms. The fourth-order valence-electron chi connectivity index (χ4n) is 3.96. The van der Waals surface area contributed by atoms with Crippen LogP contribution in [0.4, 0.5) is 5.69 Å². The molecule has 1 N–H and O–H groups in total. The van der Waals surface area contributed by atoms with E-state index in [1.165, 1.54) is 0 Å². The summed E-state index contributed by atoms with van der Waals surface area (Å²) in [6.45, 7) is 9.94. The van der Waals surface area contributed by atoms with Gasteiger partial charge in [0.05, 0.1) is 11.3 Å². The third-order valence-corrected chi connectivity index (χ3v) is 5.98. The van der Waals surface area contributed by atoms with Crippen molar-refractivity contribution in [2.45, 2.75) is 33.6 Å². The Hall–Kier alpha value is -2.87. The number of nitrogens with one attached hydrogen (secondary N) is 1. The summed E-state index contributed by atoms with van der Waals surface area (Å²) in [4.78, 5) is 27.9. The lowest BCUT2D eigenvalue weighted by molar-refractivity contribution is -0.130. The van der Waals surface area contributed by atoms with Gasteiger partial charge in [-0.25, -0.2) is 0 Å². The molecule has 1 aromatic carbocycles. The summed E-state index contributed by atoms with van der Waals surface area (Å²) in [5.41, 5.74) is 3.30. The Morgan fingerprint density at radius 3 is 2.55 bits per heavy atom. The number of carbonyl (C=O) groups excluding carboxylic acids is 2. The third-order valence-electron chi connectivity index (χ3n) is 5.98. The number of rotatable bonds is 7. The second-order valence-electron chi connectivity index (χ2n) is 8.37. The van der Waals surface area contributed by atoms with Crippen molar-refractivity contribution in [3.8, 4) is 16.9 Å². The van der Waals surface area contributed by atoms with Gasteiger partial charge in [0.2, 0.25) is 11.8 Å². The molecule has 1 aromatic heterocycles. The van der Waals surface area contributed by atoms with E-state index in [4.69, 9.17) is 9.26 Å². The molecule has 2 heterocycles.